The Kier molecular flexibility index (Phi) is 5.12. The predicted octanol–water partition coefficient (Wildman–Crippen LogP) is 5.03. The molecule has 1 unspecified atom stereocenters. The number of nitrogens with one attached hydrogen (secondary N) is 1. The van der Waals surface area contributed by atoms with E-state index in [1.165, 1.54) is 6.07 Å². The number of halogens is 2. The number of benzene rings is 2. The van der Waals surface area contributed by atoms with Gasteiger partial charge in [0.05, 0.1) is 10.4 Å². The van der Waals surface area contributed by atoms with Gasteiger partial charge in [-0.3, -0.25) is 4.79 Å². The van der Waals surface area contributed by atoms with Crippen molar-refractivity contribution in [2.24, 2.45) is 0 Å². The highest BCUT2D eigenvalue weighted by Crippen LogP contribution is 2.27. The first-order valence-corrected chi connectivity index (χ1v) is 7.63. The van der Waals surface area contributed by atoms with Gasteiger partial charge in [-0.1, -0.05) is 37.3 Å². The first-order valence-electron chi connectivity index (χ1n) is 6.84. The lowest BCUT2D eigenvalue weighted by molar-refractivity contribution is -0.117. The van der Waals surface area contributed by atoms with Gasteiger partial charge in [-0.2, -0.15) is 0 Å². The summed E-state index contributed by atoms with van der Waals surface area (Å²) in [5, 5.41) is 2.89. The van der Waals surface area contributed by atoms with Crippen LogP contribution in [0.15, 0.2) is 46.9 Å². The van der Waals surface area contributed by atoms with Crippen molar-refractivity contribution in [2.45, 2.75) is 26.2 Å². The molecular formula is C17H17BrFNO. The highest BCUT2D eigenvalue weighted by atomic mass is 79.9. The SMILES string of the molecule is CCC(C(=O)Nc1cc(Br)c(F)cc1C)c1ccccc1. The van der Waals surface area contributed by atoms with E-state index in [0.717, 1.165) is 5.56 Å². The molecule has 0 aliphatic carbocycles. The number of aryl methyl sites for hydroxylation is 1. The number of hydrogen-bond acceptors (Lipinski definition) is 1. The molecule has 1 atom stereocenters. The third kappa shape index (κ3) is 3.70. The standard InChI is InChI=1S/C17H17BrFNO/c1-3-13(12-7-5-4-6-8-12)17(21)20-16-10-14(18)15(19)9-11(16)2/h4-10,13H,3H2,1-2H3,(H,20,21). The summed E-state index contributed by atoms with van der Waals surface area (Å²) in [6.45, 7) is 3.75. The van der Waals surface area contributed by atoms with Crippen LogP contribution in [0.3, 0.4) is 0 Å². The fraction of sp³-hybridized carbons (Fsp3) is 0.235. The molecule has 0 radical (unpaired) electrons. The molecule has 1 N–H and O–H groups in total. The Morgan fingerprint density at radius 3 is 2.57 bits per heavy atom. The summed E-state index contributed by atoms with van der Waals surface area (Å²) in [6.07, 6.45) is 0.706. The van der Waals surface area contributed by atoms with Crippen LogP contribution in [-0.4, -0.2) is 5.91 Å². The summed E-state index contributed by atoms with van der Waals surface area (Å²) >= 11 is 3.14. The smallest absolute Gasteiger partial charge is 0.231 e. The van der Waals surface area contributed by atoms with Crippen LogP contribution < -0.4 is 5.32 Å². The summed E-state index contributed by atoms with van der Waals surface area (Å²) in [7, 11) is 0. The molecule has 2 nitrogen and oxygen atoms in total. The van der Waals surface area contributed by atoms with Gasteiger partial charge < -0.3 is 5.32 Å². The Labute approximate surface area is 132 Å². The van der Waals surface area contributed by atoms with Gasteiger partial charge in [-0.25, -0.2) is 4.39 Å². The lowest BCUT2D eigenvalue weighted by Crippen LogP contribution is -2.21. The minimum atomic E-state index is -0.333. The molecule has 0 aliphatic rings. The lowest BCUT2D eigenvalue weighted by Gasteiger charge is -2.17. The van der Waals surface area contributed by atoms with Crippen LogP contribution in [0.1, 0.15) is 30.4 Å². The van der Waals surface area contributed by atoms with Gasteiger partial charge >= 0.3 is 0 Å². The van der Waals surface area contributed by atoms with Crippen molar-refractivity contribution >= 4 is 27.5 Å². The van der Waals surface area contributed by atoms with Crippen LogP contribution in [0.2, 0.25) is 0 Å². The summed E-state index contributed by atoms with van der Waals surface area (Å²) < 4.78 is 13.8. The maximum absolute atomic E-state index is 13.4. The molecule has 1 amide bonds. The van der Waals surface area contributed by atoms with Crippen molar-refractivity contribution in [1.29, 1.82) is 0 Å². The molecule has 0 aliphatic heterocycles. The lowest BCUT2D eigenvalue weighted by atomic mass is 9.95. The number of carbonyl (C=O) groups is 1. The number of amides is 1. The number of carbonyl (C=O) groups excluding carboxylic acids is 1. The largest absolute Gasteiger partial charge is 0.325 e. The molecule has 0 bridgehead atoms. The first kappa shape index (κ1) is 15.7. The zero-order chi connectivity index (χ0) is 15.4. The normalized spacial score (nSPS) is 12.0. The van der Waals surface area contributed by atoms with Gasteiger partial charge in [0.15, 0.2) is 0 Å². The van der Waals surface area contributed by atoms with Crippen molar-refractivity contribution in [1.82, 2.24) is 0 Å². The van der Waals surface area contributed by atoms with Crippen molar-refractivity contribution in [2.75, 3.05) is 5.32 Å². The number of anilines is 1. The zero-order valence-electron chi connectivity index (χ0n) is 12.0. The Bertz CT molecular complexity index is 643. The predicted molar refractivity (Wildman–Crippen MR) is 86.9 cm³/mol. The zero-order valence-corrected chi connectivity index (χ0v) is 13.6. The molecule has 0 saturated heterocycles. The van der Waals surface area contributed by atoms with Gasteiger partial charge in [-0.15, -0.1) is 0 Å². The Hall–Kier alpha value is -1.68. The van der Waals surface area contributed by atoms with E-state index in [9.17, 15) is 9.18 Å². The van der Waals surface area contributed by atoms with E-state index in [-0.39, 0.29) is 17.6 Å². The summed E-state index contributed by atoms with van der Waals surface area (Å²) in [5.74, 6) is -0.625. The minimum Gasteiger partial charge on any atom is -0.325 e. The molecule has 2 aromatic rings. The van der Waals surface area contributed by atoms with E-state index in [1.54, 1.807) is 13.0 Å². The first-order chi connectivity index (χ1) is 10.0. The van der Waals surface area contributed by atoms with Crippen molar-refractivity contribution in [3.05, 3.63) is 63.9 Å². The minimum absolute atomic E-state index is 0.0784. The quantitative estimate of drug-likeness (QED) is 0.823. The van der Waals surface area contributed by atoms with Crippen LogP contribution >= 0.6 is 15.9 Å². The van der Waals surface area contributed by atoms with E-state index < -0.39 is 0 Å². The Morgan fingerprint density at radius 1 is 1.29 bits per heavy atom. The van der Waals surface area contributed by atoms with E-state index in [2.05, 4.69) is 21.2 Å². The van der Waals surface area contributed by atoms with Gasteiger partial charge in [0.25, 0.3) is 0 Å². The van der Waals surface area contributed by atoms with Gasteiger partial charge in [0.2, 0.25) is 5.91 Å². The molecule has 0 aromatic heterocycles. The highest BCUT2D eigenvalue weighted by molar-refractivity contribution is 9.10. The molecule has 110 valence electrons. The molecule has 2 aromatic carbocycles. The maximum atomic E-state index is 13.4. The van der Waals surface area contributed by atoms with Crippen LogP contribution in [0.4, 0.5) is 10.1 Å². The topological polar surface area (TPSA) is 29.1 Å². The van der Waals surface area contributed by atoms with E-state index in [4.69, 9.17) is 0 Å². The van der Waals surface area contributed by atoms with Crippen LogP contribution in [0.5, 0.6) is 0 Å². The molecular weight excluding hydrogens is 333 g/mol. The van der Waals surface area contributed by atoms with E-state index >= 15 is 0 Å². The molecule has 0 spiro atoms. The third-order valence-corrected chi connectivity index (χ3v) is 4.06. The number of rotatable bonds is 4. The van der Waals surface area contributed by atoms with Crippen molar-refractivity contribution in [3.63, 3.8) is 0 Å². The summed E-state index contributed by atoms with van der Waals surface area (Å²) in [5.41, 5.74) is 2.31. The third-order valence-electron chi connectivity index (χ3n) is 3.45. The number of hydrogen-bond donors (Lipinski definition) is 1. The summed E-state index contributed by atoms with van der Waals surface area (Å²) in [4.78, 5) is 12.5. The fourth-order valence-corrected chi connectivity index (χ4v) is 2.60. The highest BCUT2D eigenvalue weighted by Gasteiger charge is 2.19. The molecule has 4 heteroatoms. The maximum Gasteiger partial charge on any atom is 0.231 e. The average molecular weight is 350 g/mol. The van der Waals surface area contributed by atoms with Gasteiger partial charge in [0.1, 0.15) is 5.82 Å². The molecule has 0 saturated carbocycles. The molecule has 2 rings (SSSR count). The summed E-state index contributed by atoms with van der Waals surface area (Å²) in [6, 6.07) is 12.7. The van der Waals surface area contributed by atoms with E-state index in [0.29, 0.717) is 22.1 Å². The van der Waals surface area contributed by atoms with Crippen LogP contribution in [-0.2, 0) is 4.79 Å². The van der Waals surface area contributed by atoms with Crippen LogP contribution in [0, 0.1) is 12.7 Å². The van der Waals surface area contributed by atoms with Crippen molar-refractivity contribution in [3.8, 4) is 0 Å². The van der Waals surface area contributed by atoms with Gasteiger partial charge in [-0.05, 0) is 52.5 Å². The average Bonchev–Trinajstić information content (AvgIpc) is 2.46. The molecule has 0 heterocycles. The Morgan fingerprint density at radius 2 is 1.95 bits per heavy atom. The second-order valence-electron chi connectivity index (χ2n) is 4.94. The monoisotopic (exact) mass is 349 g/mol. The van der Waals surface area contributed by atoms with Crippen molar-refractivity contribution < 1.29 is 9.18 Å². The van der Waals surface area contributed by atoms with Gasteiger partial charge in [0, 0.05) is 5.69 Å². The molecule has 0 fully saturated rings. The fourth-order valence-electron chi connectivity index (χ4n) is 2.26. The molecule has 21 heavy (non-hydrogen) atoms. The Balaban J connectivity index is 2.23. The second-order valence-corrected chi connectivity index (χ2v) is 5.80. The van der Waals surface area contributed by atoms with Crippen LogP contribution in [0.25, 0.3) is 0 Å². The van der Waals surface area contributed by atoms with E-state index in [1.807, 2.05) is 37.3 Å². The second kappa shape index (κ2) is 6.85.